The average molecular weight is 275 g/mol. The molecule has 2 rings (SSSR count). The zero-order valence-corrected chi connectivity index (χ0v) is 12.4. The molecule has 0 radical (unpaired) electrons. The van der Waals surface area contributed by atoms with Crippen molar-refractivity contribution in [2.24, 2.45) is 7.05 Å². The number of anilines is 1. The Labute approximate surface area is 119 Å². The summed E-state index contributed by atoms with van der Waals surface area (Å²) in [5.41, 5.74) is 2.25. The van der Waals surface area contributed by atoms with Gasteiger partial charge in [-0.2, -0.15) is 10.1 Å². The molecule has 1 N–H and O–H groups in total. The first-order chi connectivity index (χ1) is 9.58. The number of aryl methyl sites for hydroxylation is 2. The Morgan fingerprint density at radius 1 is 1.40 bits per heavy atom. The fourth-order valence-corrected chi connectivity index (χ4v) is 1.94. The predicted octanol–water partition coefficient (Wildman–Crippen LogP) is 2.17. The molecule has 0 saturated carbocycles. The van der Waals surface area contributed by atoms with E-state index in [0.717, 1.165) is 17.7 Å². The molecule has 0 unspecified atom stereocenters. The molecule has 0 atom stereocenters. The fourth-order valence-electron chi connectivity index (χ4n) is 1.94. The van der Waals surface area contributed by atoms with Crippen LogP contribution >= 0.6 is 0 Å². The maximum Gasteiger partial charge on any atom is 0.226 e. The van der Waals surface area contributed by atoms with Gasteiger partial charge >= 0.3 is 0 Å². The average Bonchev–Trinajstić information content (AvgIpc) is 2.76. The van der Waals surface area contributed by atoms with Gasteiger partial charge in [0.2, 0.25) is 11.8 Å². The lowest BCUT2D eigenvalue weighted by molar-refractivity contribution is 0.232. The molecule has 2 aromatic heterocycles. The summed E-state index contributed by atoms with van der Waals surface area (Å²) in [5, 5.41) is 7.62. The third-order valence-electron chi connectivity index (χ3n) is 2.75. The first kappa shape index (κ1) is 14.3. The summed E-state index contributed by atoms with van der Waals surface area (Å²) in [6.07, 6.45) is 4.72. The zero-order chi connectivity index (χ0) is 14.5. The smallest absolute Gasteiger partial charge is 0.226 e. The van der Waals surface area contributed by atoms with Crippen LogP contribution in [0.15, 0.2) is 18.5 Å². The van der Waals surface area contributed by atoms with Crippen LogP contribution in [0.5, 0.6) is 5.88 Å². The van der Waals surface area contributed by atoms with Gasteiger partial charge in [0.15, 0.2) is 0 Å². The molecule has 0 spiro atoms. The number of rotatable bonds is 6. The second-order valence-corrected chi connectivity index (χ2v) is 4.87. The minimum atomic E-state index is 0.0998. The van der Waals surface area contributed by atoms with Gasteiger partial charge in [-0.25, -0.2) is 4.98 Å². The Hall–Kier alpha value is -2.11. The molecule has 0 aromatic carbocycles. The lowest BCUT2D eigenvalue weighted by Crippen LogP contribution is -2.09. The SMILES string of the molecule is CCc1nn(C)cc1CNc1nccc(OC(C)C)n1. The number of ether oxygens (including phenoxy) is 1. The van der Waals surface area contributed by atoms with Crippen molar-refractivity contribution in [3.63, 3.8) is 0 Å². The lowest BCUT2D eigenvalue weighted by atomic mass is 10.2. The van der Waals surface area contributed by atoms with Crippen LogP contribution < -0.4 is 10.1 Å². The van der Waals surface area contributed by atoms with Crippen molar-refractivity contribution in [3.05, 3.63) is 29.7 Å². The molecular formula is C14H21N5O. The number of nitrogens with zero attached hydrogens (tertiary/aromatic N) is 4. The quantitative estimate of drug-likeness (QED) is 0.875. The second kappa shape index (κ2) is 6.36. The van der Waals surface area contributed by atoms with E-state index in [0.29, 0.717) is 18.4 Å². The van der Waals surface area contributed by atoms with E-state index in [1.165, 1.54) is 0 Å². The Morgan fingerprint density at radius 3 is 2.90 bits per heavy atom. The fraction of sp³-hybridized carbons (Fsp3) is 0.500. The molecular weight excluding hydrogens is 254 g/mol. The van der Waals surface area contributed by atoms with Gasteiger partial charge in [0.1, 0.15) is 0 Å². The van der Waals surface area contributed by atoms with Crippen molar-refractivity contribution in [1.29, 1.82) is 0 Å². The third kappa shape index (κ3) is 3.69. The molecule has 0 saturated heterocycles. The number of hydrogen-bond donors (Lipinski definition) is 1. The van der Waals surface area contributed by atoms with Gasteiger partial charge in [0, 0.05) is 37.6 Å². The summed E-state index contributed by atoms with van der Waals surface area (Å²) < 4.78 is 7.38. The van der Waals surface area contributed by atoms with E-state index < -0.39 is 0 Å². The van der Waals surface area contributed by atoms with Crippen LogP contribution in [0.2, 0.25) is 0 Å². The molecule has 0 fully saturated rings. The van der Waals surface area contributed by atoms with Crippen molar-refractivity contribution >= 4 is 5.95 Å². The van der Waals surface area contributed by atoms with E-state index in [1.807, 2.05) is 31.8 Å². The highest BCUT2D eigenvalue weighted by Gasteiger charge is 2.07. The Bertz CT molecular complexity index is 564. The summed E-state index contributed by atoms with van der Waals surface area (Å²) in [6, 6.07) is 1.76. The van der Waals surface area contributed by atoms with Gasteiger partial charge in [-0.1, -0.05) is 6.92 Å². The van der Waals surface area contributed by atoms with Crippen LogP contribution in [-0.2, 0) is 20.0 Å². The van der Waals surface area contributed by atoms with Gasteiger partial charge < -0.3 is 10.1 Å². The first-order valence-corrected chi connectivity index (χ1v) is 6.83. The van der Waals surface area contributed by atoms with Crippen LogP contribution in [0.25, 0.3) is 0 Å². The van der Waals surface area contributed by atoms with E-state index in [9.17, 15) is 0 Å². The second-order valence-electron chi connectivity index (χ2n) is 4.87. The number of nitrogens with one attached hydrogen (secondary N) is 1. The van der Waals surface area contributed by atoms with Crippen LogP contribution in [0, 0.1) is 0 Å². The molecule has 2 heterocycles. The van der Waals surface area contributed by atoms with Crippen molar-refractivity contribution in [2.45, 2.75) is 39.8 Å². The van der Waals surface area contributed by atoms with Gasteiger partial charge in [-0.3, -0.25) is 4.68 Å². The molecule has 0 aliphatic heterocycles. The topological polar surface area (TPSA) is 64.9 Å². The molecule has 6 heteroatoms. The van der Waals surface area contributed by atoms with E-state index >= 15 is 0 Å². The molecule has 6 nitrogen and oxygen atoms in total. The number of aromatic nitrogens is 4. The van der Waals surface area contributed by atoms with Crippen LogP contribution in [-0.4, -0.2) is 25.9 Å². The highest BCUT2D eigenvalue weighted by molar-refractivity contribution is 5.30. The molecule has 108 valence electrons. The van der Waals surface area contributed by atoms with Gasteiger partial charge in [0.05, 0.1) is 11.8 Å². The van der Waals surface area contributed by atoms with E-state index in [1.54, 1.807) is 12.3 Å². The molecule has 2 aromatic rings. The minimum Gasteiger partial charge on any atom is -0.475 e. The molecule has 0 bridgehead atoms. The van der Waals surface area contributed by atoms with Gasteiger partial charge in [-0.15, -0.1) is 0 Å². The highest BCUT2D eigenvalue weighted by atomic mass is 16.5. The largest absolute Gasteiger partial charge is 0.475 e. The molecule has 0 aliphatic carbocycles. The lowest BCUT2D eigenvalue weighted by Gasteiger charge is -2.10. The van der Waals surface area contributed by atoms with Gasteiger partial charge in [-0.05, 0) is 20.3 Å². The van der Waals surface area contributed by atoms with Crippen molar-refractivity contribution in [3.8, 4) is 5.88 Å². The Balaban J connectivity index is 2.03. The van der Waals surface area contributed by atoms with E-state index in [2.05, 4.69) is 27.3 Å². The normalized spacial score (nSPS) is 10.8. The van der Waals surface area contributed by atoms with Crippen molar-refractivity contribution in [1.82, 2.24) is 19.7 Å². The summed E-state index contributed by atoms with van der Waals surface area (Å²) in [4.78, 5) is 8.51. The molecule has 0 aliphatic rings. The van der Waals surface area contributed by atoms with Crippen LogP contribution in [0.1, 0.15) is 32.0 Å². The summed E-state index contributed by atoms with van der Waals surface area (Å²) in [5.74, 6) is 1.15. The Morgan fingerprint density at radius 2 is 2.20 bits per heavy atom. The van der Waals surface area contributed by atoms with Crippen molar-refractivity contribution in [2.75, 3.05) is 5.32 Å². The highest BCUT2D eigenvalue weighted by Crippen LogP contribution is 2.13. The van der Waals surface area contributed by atoms with Crippen LogP contribution in [0.4, 0.5) is 5.95 Å². The number of hydrogen-bond acceptors (Lipinski definition) is 5. The maximum atomic E-state index is 5.55. The summed E-state index contributed by atoms with van der Waals surface area (Å²) in [6.45, 7) is 6.69. The molecule has 0 amide bonds. The first-order valence-electron chi connectivity index (χ1n) is 6.83. The summed E-state index contributed by atoms with van der Waals surface area (Å²) in [7, 11) is 1.93. The van der Waals surface area contributed by atoms with Gasteiger partial charge in [0.25, 0.3) is 0 Å². The van der Waals surface area contributed by atoms with E-state index in [-0.39, 0.29) is 6.10 Å². The Kier molecular flexibility index (Phi) is 4.55. The third-order valence-corrected chi connectivity index (χ3v) is 2.75. The van der Waals surface area contributed by atoms with E-state index in [4.69, 9.17) is 4.74 Å². The van der Waals surface area contributed by atoms with Crippen LogP contribution in [0.3, 0.4) is 0 Å². The minimum absolute atomic E-state index is 0.0998. The van der Waals surface area contributed by atoms with Crippen molar-refractivity contribution < 1.29 is 4.74 Å². The monoisotopic (exact) mass is 275 g/mol. The molecule has 20 heavy (non-hydrogen) atoms. The summed E-state index contributed by atoms with van der Waals surface area (Å²) >= 11 is 0. The zero-order valence-electron chi connectivity index (χ0n) is 12.4. The standard InChI is InChI=1S/C14H21N5O/c1-5-12-11(9-19(4)18-12)8-16-14-15-7-6-13(17-14)20-10(2)3/h6-7,9-10H,5,8H2,1-4H3,(H,15,16,17). The predicted molar refractivity (Wildman–Crippen MR) is 77.7 cm³/mol. The maximum absolute atomic E-state index is 5.55.